The molecular weight excluding hydrogens is 374 g/mol. The molecule has 2 aromatic carbocycles. The van der Waals surface area contributed by atoms with Crippen LogP contribution >= 0.6 is 0 Å². The van der Waals surface area contributed by atoms with Crippen molar-refractivity contribution in [3.8, 4) is 11.5 Å². The van der Waals surface area contributed by atoms with Crippen LogP contribution in [0.2, 0.25) is 0 Å². The lowest BCUT2D eigenvalue weighted by atomic mass is 9.89. The SMILES string of the molecule is O=C1c2ccc(OCCCOc3ccccc3)cc2CCCN1CC1CCCCC1. The van der Waals surface area contributed by atoms with E-state index in [1.165, 1.54) is 32.1 Å². The summed E-state index contributed by atoms with van der Waals surface area (Å²) in [6.07, 6.45) is 9.33. The molecule has 0 N–H and O–H groups in total. The fourth-order valence-corrected chi connectivity index (χ4v) is 4.62. The predicted molar refractivity (Wildman–Crippen MR) is 119 cm³/mol. The van der Waals surface area contributed by atoms with Crippen LogP contribution in [-0.4, -0.2) is 37.1 Å². The zero-order valence-electron chi connectivity index (χ0n) is 17.9. The maximum Gasteiger partial charge on any atom is 0.254 e. The van der Waals surface area contributed by atoms with E-state index in [-0.39, 0.29) is 5.91 Å². The number of carbonyl (C=O) groups is 1. The summed E-state index contributed by atoms with van der Waals surface area (Å²) in [5.41, 5.74) is 1.99. The standard InChI is InChI=1S/C26H33NO3/c28-26-25-15-14-24(30-18-8-17-29-23-12-5-2-6-13-23)19-22(25)11-7-16-27(26)20-21-9-3-1-4-10-21/h2,5-6,12-15,19,21H,1,3-4,7-11,16-18,20H2. The van der Waals surface area contributed by atoms with Crippen LogP contribution < -0.4 is 9.47 Å². The summed E-state index contributed by atoms with van der Waals surface area (Å²) in [5.74, 6) is 2.63. The molecule has 0 radical (unpaired) electrons. The highest BCUT2D eigenvalue weighted by molar-refractivity contribution is 5.96. The zero-order chi connectivity index (χ0) is 20.6. The number of nitrogens with zero attached hydrogens (tertiary/aromatic N) is 1. The number of hydrogen-bond donors (Lipinski definition) is 0. The quantitative estimate of drug-likeness (QED) is 0.542. The summed E-state index contributed by atoms with van der Waals surface area (Å²) >= 11 is 0. The number of aryl methyl sites for hydroxylation is 1. The van der Waals surface area contributed by atoms with Gasteiger partial charge >= 0.3 is 0 Å². The van der Waals surface area contributed by atoms with Gasteiger partial charge in [-0.1, -0.05) is 37.5 Å². The van der Waals surface area contributed by atoms with Crippen molar-refractivity contribution in [3.05, 3.63) is 59.7 Å². The van der Waals surface area contributed by atoms with Crippen LogP contribution in [0.3, 0.4) is 0 Å². The van der Waals surface area contributed by atoms with Gasteiger partial charge in [-0.25, -0.2) is 0 Å². The fraction of sp³-hybridized carbons (Fsp3) is 0.500. The topological polar surface area (TPSA) is 38.8 Å². The fourth-order valence-electron chi connectivity index (χ4n) is 4.62. The highest BCUT2D eigenvalue weighted by atomic mass is 16.5. The van der Waals surface area contributed by atoms with E-state index >= 15 is 0 Å². The summed E-state index contributed by atoms with van der Waals surface area (Å²) in [4.78, 5) is 15.2. The summed E-state index contributed by atoms with van der Waals surface area (Å²) in [7, 11) is 0. The Morgan fingerprint density at radius 1 is 0.867 bits per heavy atom. The van der Waals surface area contributed by atoms with E-state index < -0.39 is 0 Å². The number of para-hydroxylation sites is 1. The maximum atomic E-state index is 13.1. The number of amides is 1. The molecule has 1 aliphatic heterocycles. The summed E-state index contributed by atoms with van der Waals surface area (Å²) in [6, 6.07) is 15.8. The summed E-state index contributed by atoms with van der Waals surface area (Å²) in [6.45, 7) is 3.03. The van der Waals surface area contributed by atoms with Crippen molar-refractivity contribution >= 4 is 5.91 Å². The molecule has 0 aromatic heterocycles. The third-order valence-electron chi connectivity index (χ3n) is 6.24. The largest absolute Gasteiger partial charge is 0.493 e. The van der Waals surface area contributed by atoms with Crippen LogP contribution in [0.1, 0.15) is 60.9 Å². The van der Waals surface area contributed by atoms with Gasteiger partial charge in [-0.05, 0) is 67.5 Å². The minimum Gasteiger partial charge on any atom is -0.493 e. The Morgan fingerprint density at radius 3 is 2.43 bits per heavy atom. The minimum atomic E-state index is 0.205. The molecule has 4 nitrogen and oxygen atoms in total. The number of benzene rings is 2. The molecule has 0 bridgehead atoms. The molecule has 2 aliphatic rings. The summed E-state index contributed by atoms with van der Waals surface area (Å²) in [5, 5.41) is 0. The van der Waals surface area contributed by atoms with Crippen LogP contribution in [0, 0.1) is 5.92 Å². The summed E-state index contributed by atoms with van der Waals surface area (Å²) < 4.78 is 11.6. The molecule has 0 saturated heterocycles. The van der Waals surface area contributed by atoms with Crippen molar-refractivity contribution in [2.75, 3.05) is 26.3 Å². The van der Waals surface area contributed by atoms with E-state index in [9.17, 15) is 4.79 Å². The highest BCUT2D eigenvalue weighted by Gasteiger charge is 2.25. The van der Waals surface area contributed by atoms with Gasteiger partial charge in [-0.2, -0.15) is 0 Å². The molecule has 0 spiro atoms. The second-order valence-corrected chi connectivity index (χ2v) is 8.54. The molecule has 1 heterocycles. The van der Waals surface area contributed by atoms with Gasteiger partial charge in [-0.15, -0.1) is 0 Å². The molecule has 2 aromatic rings. The predicted octanol–water partition coefficient (Wildman–Crippen LogP) is 5.50. The monoisotopic (exact) mass is 407 g/mol. The van der Waals surface area contributed by atoms with Crippen LogP contribution in [0.5, 0.6) is 11.5 Å². The van der Waals surface area contributed by atoms with Crippen molar-refractivity contribution in [3.63, 3.8) is 0 Å². The Labute approximate surface area is 180 Å². The van der Waals surface area contributed by atoms with E-state index in [0.717, 1.165) is 55.0 Å². The van der Waals surface area contributed by atoms with Crippen molar-refractivity contribution in [2.24, 2.45) is 5.92 Å². The van der Waals surface area contributed by atoms with Crippen molar-refractivity contribution in [1.29, 1.82) is 0 Å². The first-order valence-electron chi connectivity index (χ1n) is 11.5. The smallest absolute Gasteiger partial charge is 0.254 e. The van der Waals surface area contributed by atoms with Crippen molar-refractivity contribution in [1.82, 2.24) is 4.90 Å². The Morgan fingerprint density at radius 2 is 1.63 bits per heavy atom. The molecular formula is C26H33NO3. The number of ether oxygens (including phenoxy) is 2. The second-order valence-electron chi connectivity index (χ2n) is 8.54. The van der Waals surface area contributed by atoms with Gasteiger partial charge in [0.15, 0.2) is 0 Å². The molecule has 1 saturated carbocycles. The Hall–Kier alpha value is -2.49. The molecule has 4 heteroatoms. The van der Waals surface area contributed by atoms with Gasteiger partial charge in [0.25, 0.3) is 5.91 Å². The van der Waals surface area contributed by atoms with E-state index in [4.69, 9.17) is 9.47 Å². The molecule has 1 fully saturated rings. The molecule has 0 atom stereocenters. The third kappa shape index (κ3) is 5.56. The number of hydrogen-bond acceptors (Lipinski definition) is 3. The van der Waals surface area contributed by atoms with Crippen molar-refractivity contribution < 1.29 is 14.3 Å². The Bertz CT molecular complexity index is 814. The van der Waals surface area contributed by atoms with E-state index in [2.05, 4.69) is 11.0 Å². The molecule has 160 valence electrons. The molecule has 30 heavy (non-hydrogen) atoms. The molecule has 0 unspecified atom stereocenters. The third-order valence-corrected chi connectivity index (χ3v) is 6.24. The normalized spacial score (nSPS) is 17.3. The average Bonchev–Trinajstić information content (AvgIpc) is 2.93. The van der Waals surface area contributed by atoms with Gasteiger partial charge < -0.3 is 14.4 Å². The van der Waals surface area contributed by atoms with E-state index in [0.29, 0.717) is 19.1 Å². The minimum absolute atomic E-state index is 0.205. The average molecular weight is 408 g/mol. The lowest BCUT2D eigenvalue weighted by Gasteiger charge is -2.29. The van der Waals surface area contributed by atoms with Gasteiger partial charge in [0.2, 0.25) is 0 Å². The van der Waals surface area contributed by atoms with E-state index in [1.54, 1.807) is 0 Å². The Kier molecular flexibility index (Phi) is 7.28. The first-order chi connectivity index (χ1) is 14.8. The number of carbonyl (C=O) groups excluding carboxylic acids is 1. The van der Waals surface area contributed by atoms with Crippen LogP contribution in [0.4, 0.5) is 0 Å². The maximum absolute atomic E-state index is 13.1. The lowest BCUT2D eigenvalue weighted by Crippen LogP contribution is -2.36. The second kappa shape index (κ2) is 10.5. The number of rotatable bonds is 8. The first kappa shape index (κ1) is 20.8. The van der Waals surface area contributed by atoms with Crippen LogP contribution in [-0.2, 0) is 6.42 Å². The first-order valence-corrected chi connectivity index (χ1v) is 11.5. The molecule has 1 aliphatic carbocycles. The molecule has 1 amide bonds. The zero-order valence-corrected chi connectivity index (χ0v) is 17.9. The van der Waals surface area contributed by atoms with E-state index in [1.807, 2.05) is 42.5 Å². The van der Waals surface area contributed by atoms with Crippen LogP contribution in [0.15, 0.2) is 48.5 Å². The molecule has 4 rings (SSSR count). The van der Waals surface area contributed by atoms with Crippen LogP contribution in [0.25, 0.3) is 0 Å². The van der Waals surface area contributed by atoms with Gasteiger partial charge in [0.05, 0.1) is 13.2 Å². The van der Waals surface area contributed by atoms with Crippen molar-refractivity contribution in [2.45, 2.75) is 51.4 Å². The number of fused-ring (bicyclic) bond motifs is 1. The van der Waals surface area contributed by atoms with Gasteiger partial charge in [0, 0.05) is 25.1 Å². The highest BCUT2D eigenvalue weighted by Crippen LogP contribution is 2.28. The van der Waals surface area contributed by atoms with Gasteiger partial charge in [-0.3, -0.25) is 4.79 Å². The Balaban J connectivity index is 1.28. The lowest BCUT2D eigenvalue weighted by molar-refractivity contribution is 0.0719. The van der Waals surface area contributed by atoms with Gasteiger partial charge in [0.1, 0.15) is 11.5 Å².